The lowest BCUT2D eigenvalue weighted by Gasteiger charge is -2.43. The molecule has 90 valence electrons. The summed E-state index contributed by atoms with van der Waals surface area (Å²) < 4.78 is 4.72. The molecule has 0 heterocycles. The summed E-state index contributed by atoms with van der Waals surface area (Å²) in [6.45, 7) is 0. The minimum Gasteiger partial charge on any atom is -0.467 e. The smallest absolute Gasteiger partial charge is 0.331 e. The first-order valence-corrected chi connectivity index (χ1v) is 5.71. The van der Waals surface area contributed by atoms with Gasteiger partial charge in [0.2, 0.25) is 5.91 Å². The highest BCUT2D eigenvalue weighted by Gasteiger charge is 2.51. The van der Waals surface area contributed by atoms with Crippen molar-refractivity contribution in [1.82, 2.24) is 5.32 Å². The first-order chi connectivity index (χ1) is 7.55. The molecule has 16 heavy (non-hydrogen) atoms. The number of carbonyl (C=O) groups excluding carboxylic acids is 2. The third-order valence-corrected chi connectivity index (χ3v) is 3.35. The molecule has 0 unspecified atom stereocenters. The molecular formula is C11H18N2O3. The average molecular weight is 226 g/mol. The molecule has 0 bridgehead atoms. The maximum absolute atomic E-state index is 11.7. The summed E-state index contributed by atoms with van der Waals surface area (Å²) in [6.07, 6.45) is 3.73. The van der Waals surface area contributed by atoms with Gasteiger partial charge in [0, 0.05) is 12.5 Å². The van der Waals surface area contributed by atoms with Gasteiger partial charge in [0.1, 0.15) is 5.54 Å². The lowest BCUT2D eigenvalue weighted by molar-refractivity contribution is -0.156. The zero-order chi connectivity index (χ0) is 11.8. The second-order valence-corrected chi connectivity index (χ2v) is 4.94. The van der Waals surface area contributed by atoms with E-state index in [9.17, 15) is 9.59 Å². The van der Waals surface area contributed by atoms with E-state index < -0.39 is 5.54 Å². The van der Waals surface area contributed by atoms with Gasteiger partial charge in [-0.25, -0.2) is 4.79 Å². The van der Waals surface area contributed by atoms with E-state index in [0.717, 1.165) is 12.8 Å². The maximum Gasteiger partial charge on any atom is 0.331 e. The first-order valence-electron chi connectivity index (χ1n) is 5.71. The van der Waals surface area contributed by atoms with Crippen molar-refractivity contribution in [1.29, 1.82) is 0 Å². The molecule has 0 aliphatic heterocycles. The Bertz CT molecular complexity index is 306. The standard InChI is InChI=1S/C11H18N2O3/c1-16-10(15)11(5-8(12)6-11)13-9(14)4-7-2-3-7/h7-8H,2-6,12H2,1H3,(H,13,14). The fourth-order valence-electron chi connectivity index (χ4n) is 2.25. The van der Waals surface area contributed by atoms with E-state index in [1.165, 1.54) is 7.11 Å². The molecule has 2 rings (SSSR count). The molecule has 0 aromatic carbocycles. The third kappa shape index (κ3) is 2.19. The monoisotopic (exact) mass is 226 g/mol. The topological polar surface area (TPSA) is 81.4 Å². The van der Waals surface area contributed by atoms with Crippen molar-refractivity contribution in [3.05, 3.63) is 0 Å². The second-order valence-electron chi connectivity index (χ2n) is 4.94. The van der Waals surface area contributed by atoms with Gasteiger partial charge >= 0.3 is 5.97 Å². The van der Waals surface area contributed by atoms with E-state index in [4.69, 9.17) is 10.5 Å². The van der Waals surface area contributed by atoms with Crippen LogP contribution in [-0.2, 0) is 14.3 Å². The third-order valence-electron chi connectivity index (χ3n) is 3.35. The van der Waals surface area contributed by atoms with Gasteiger partial charge in [-0.3, -0.25) is 4.79 Å². The van der Waals surface area contributed by atoms with Gasteiger partial charge in [0.25, 0.3) is 0 Å². The number of ether oxygens (including phenoxy) is 1. The summed E-state index contributed by atoms with van der Waals surface area (Å²) in [5.41, 5.74) is 4.83. The van der Waals surface area contributed by atoms with Crippen LogP contribution in [0, 0.1) is 5.92 Å². The summed E-state index contributed by atoms with van der Waals surface area (Å²) in [7, 11) is 1.33. The van der Waals surface area contributed by atoms with E-state index in [-0.39, 0.29) is 17.9 Å². The Labute approximate surface area is 94.7 Å². The largest absolute Gasteiger partial charge is 0.467 e. The van der Waals surface area contributed by atoms with E-state index in [1.807, 2.05) is 0 Å². The van der Waals surface area contributed by atoms with Crippen LogP contribution in [0.4, 0.5) is 0 Å². The van der Waals surface area contributed by atoms with Crippen molar-refractivity contribution in [2.24, 2.45) is 11.7 Å². The number of nitrogens with two attached hydrogens (primary N) is 1. The van der Waals surface area contributed by atoms with E-state index in [1.54, 1.807) is 0 Å². The summed E-state index contributed by atoms with van der Waals surface area (Å²) in [5.74, 6) is 0.0848. The molecule has 2 aliphatic carbocycles. The number of esters is 1. The average Bonchev–Trinajstić information content (AvgIpc) is 2.97. The molecule has 3 N–H and O–H groups in total. The summed E-state index contributed by atoms with van der Waals surface area (Å²) >= 11 is 0. The van der Waals surface area contributed by atoms with Crippen molar-refractivity contribution in [2.45, 2.75) is 43.7 Å². The number of amides is 1. The van der Waals surface area contributed by atoms with Crippen molar-refractivity contribution >= 4 is 11.9 Å². The Kier molecular flexibility index (Phi) is 2.88. The molecule has 0 aromatic heterocycles. The molecule has 0 aromatic rings. The zero-order valence-electron chi connectivity index (χ0n) is 9.49. The van der Waals surface area contributed by atoms with Crippen LogP contribution in [0.5, 0.6) is 0 Å². The quantitative estimate of drug-likeness (QED) is 0.658. The fourth-order valence-corrected chi connectivity index (χ4v) is 2.25. The summed E-state index contributed by atoms with van der Waals surface area (Å²) in [4.78, 5) is 23.3. The van der Waals surface area contributed by atoms with Crippen LogP contribution in [0.15, 0.2) is 0 Å². The highest BCUT2D eigenvalue weighted by Crippen LogP contribution is 2.35. The molecule has 2 aliphatic rings. The van der Waals surface area contributed by atoms with Crippen LogP contribution in [0.1, 0.15) is 32.1 Å². The van der Waals surface area contributed by atoms with Gasteiger partial charge in [0.15, 0.2) is 0 Å². The van der Waals surface area contributed by atoms with Gasteiger partial charge < -0.3 is 15.8 Å². The molecule has 0 spiro atoms. The minimum atomic E-state index is -0.847. The lowest BCUT2D eigenvalue weighted by atomic mass is 9.73. The normalized spacial score (nSPS) is 32.8. The number of methoxy groups -OCH3 is 1. The van der Waals surface area contributed by atoms with Crippen LogP contribution in [-0.4, -0.2) is 30.6 Å². The van der Waals surface area contributed by atoms with Crippen LogP contribution in [0.25, 0.3) is 0 Å². The Morgan fingerprint density at radius 3 is 2.50 bits per heavy atom. The Balaban J connectivity index is 1.91. The number of rotatable bonds is 4. The van der Waals surface area contributed by atoms with Crippen molar-refractivity contribution in [3.8, 4) is 0 Å². The Hall–Kier alpha value is -1.10. The highest BCUT2D eigenvalue weighted by atomic mass is 16.5. The first kappa shape index (κ1) is 11.4. The summed E-state index contributed by atoms with van der Waals surface area (Å²) in [6, 6.07) is -0.0136. The molecule has 0 radical (unpaired) electrons. The van der Waals surface area contributed by atoms with E-state index in [2.05, 4.69) is 5.32 Å². The molecule has 2 fully saturated rings. The zero-order valence-corrected chi connectivity index (χ0v) is 9.49. The van der Waals surface area contributed by atoms with Crippen molar-refractivity contribution in [2.75, 3.05) is 7.11 Å². The van der Waals surface area contributed by atoms with Crippen molar-refractivity contribution in [3.63, 3.8) is 0 Å². The second kappa shape index (κ2) is 4.05. The minimum absolute atomic E-state index is 0.0136. The lowest BCUT2D eigenvalue weighted by Crippen LogP contribution is -2.66. The SMILES string of the molecule is COC(=O)C1(NC(=O)CC2CC2)CC(N)C1. The number of nitrogens with one attached hydrogen (secondary N) is 1. The Morgan fingerprint density at radius 1 is 1.44 bits per heavy atom. The maximum atomic E-state index is 11.7. The van der Waals surface area contributed by atoms with Crippen LogP contribution in [0.2, 0.25) is 0 Å². The predicted molar refractivity (Wildman–Crippen MR) is 57.4 cm³/mol. The molecule has 1 amide bonds. The Morgan fingerprint density at radius 2 is 2.06 bits per heavy atom. The number of carbonyl (C=O) groups is 2. The van der Waals surface area contributed by atoms with Crippen LogP contribution < -0.4 is 11.1 Å². The molecule has 2 saturated carbocycles. The van der Waals surface area contributed by atoms with Gasteiger partial charge in [-0.1, -0.05) is 0 Å². The van der Waals surface area contributed by atoms with Crippen LogP contribution in [0.3, 0.4) is 0 Å². The molecule has 0 atom stereocenters. The molecule has 0 saturated heterocycles. The van der Waals surface area contributed by atoms with Crippen LogP contribution >= 0.6 is 0 Å². The number of hydrogen-bond donors (Lipinski definition) is 2. The van der Waals surface area contributed by atoms with Crippen molar-refractivity contribution < 1.29 is 14.3 Å². The number of hydrogen-bond acceptors (Lipinski definition) is 4. The van der Waals surface area contributed by atoms with Gasteiger partial charge in [-0.05, 0) is 31.6 Å². The molecular weight excluding hydrogens is 208 g/mol. The highest BCUT2D eigenvalue weighted by molar-refractivity contribution is 5.89. The van der Waals surface area contributed by atoms with E-state index in [0.29, 0.717) is 25.2 Å². The molecule has 5 nitrogen and oxygen atoms in total. The van der Waals surface area contributed by atoms with Gasteiger partial charge in [-0.2, -0.15) is 0 Å². The molecule has 5 heteroatoms. The van der Waals surface area contributed by atoms with Gasteiger partial charge in [-0.15, -0.1) is 0 Å². The fraction of sp³-hybridized carbons (Fsp3) is 0.818. The summed E-state index contributed by atoms with van der Waals surface area (Å²) in [5, 5.41) is 2.79. The van der Waals surface area contributed by atoms with Gasteiger partial charge in [0.05, 0.1) is 7.11 Å². The predicted octanol–water partition coefficient (Wildman–Crippen LogP) is -0.0644. The van der Waals surface area contributed by atoms with E-state index >= 15 is 0 Å².